The summed E-state index contributed by atoms with van der Waals surface area (Å²) in [5.41, 5.74) is 7.82. The number of hydrogen-bond donors (Lipinski definition) is 1. The molecule has 0 aliphatic carbocycles. The summed E-state index contributed by atoms with van der Waals surface area (Å²) in [7, 11) is 3.66. The van der Waals surface area contributed by atoms with Crippen LogP contribution in [0.1, 0.15) is 18.0 Å². The molecule has 86 valence electrons. The lowest BCUT2D eigenvalue weighted by Crippen LogP contribution is -2.15. The van der Waals surface area contributed by atoms with E-state index < -0.39 is 0 Å². The van der Waals surface area contributed by atoms with Gasteiger partial charge in [-0.2, -0.15) is 5.10 Å². The van der Waals surface area contributed by atoms with Crippen LogP contribution in [0.3, 0.4) is 0 Å². The van der Waals surface area contributed by atoms with Crippen LogP contribution in [0.25, 0.3) is 0 Å². The second-order valence-corrected chi connectivity index (χ2v) is 3.91. The van der Waals surface area contributed by atoms with Crippen LogP contribution in [-0.2, 0) is 0 Å². The van der Waals surface area contributed by atoms with Gasteiger partial charge in [-0.3, -0.25) is 5.01 Å². The molecule has 0 fully saturated rings. The molecule has 0 radical (unpaired) electrons. The third-order valence-corrected chi connectivity index (χ3v) is 2.91. The van der Waals surface area contributed by atoms with Crippen LogP contribution in [0, 0.1) is 0 Å². The van der Waals surface area contributed by atoms with Gasteiger partial charge in [0.25, 0.3) is 0 Å². The van der Waals surface area contributed by atoms with E-state index in [-0.39, 0.29) is 6.04 Å². The fourth-order valence-electron chi connectivity index (χ4n) is 2.07. The Kier molecular flexibility index (Phi) is 3.10. The van der Waals surface area contributed by atoms with Crippen molar-refractivity contribution in [2.75, 3.05) is 20.7 Å². The van der Waals surface area contributed by atoms with Crippen LogP contribution in [0.15, 0.2) is 29.4 Å². The number of nitrogens with zero attached hydrogens (tertiary/aromatic N) is 2. The van der Waals surface area contributed by atoms with Gasteiger partial charge in [-0.15, -0.1) is 0 Å². The Morgan fingerprint density at radius 1 is 1.50 bits per heavy atom. The summed E-state index contributed by atoms with van der Waals surface area (Å²) in [4.78, 5) is 0. The van der Waals surface area contributed by atoms with Crippen molar-refractivity contribution in [3.05, 3.63) is 29.8 Å². The minimum Gasteiger partial charge on any atom is -0.496 e. The van der Waals surface area contributed by atoms with E-state index in [0.29, 0.717) is 6.54 Å². The third kappa shape index (κ3) is 1.88. The summed E-state index contributed by atoms with van der Waals surface area (Å²) in [5, 5.41) is 6.37. The Hall–Kier alpha value is -1.55. The molecule has 1 atom stereocenters. The summed E-state index contributed by atoms with van der Waals surface area (Å²) < 4.78 is 5.37. The number of rotatable bonds is 3. The second-order valence-electron chi connectivity index (χ2n) is 3.91. The second kappa shape index (κ2) is 4.53. The Morgan fingerprint density at radius 3 is 2.88 bits per heavy atom. The van der Waals surface area contributed by atoms with Gasteiger partial charge < -0.3 is 10.5 Å². The maximum atomic E-state index is 5.62. The Labute approximate surface area is 95.7 Å². The number of ether oxygens (including phenoxy) is 1. The molecule has 0 bridgehead atoms. The van der Waals surface area contributed by atoms with E-state index in [9.17, 15) is 0 Å². The first-order valence-corrected chi connectivity index (χ1v) is 5.38. The van der Waals surface area contributed by atoms with Gasteiger partial charge in [-0.1, -0.05) is 18.2 Å². The standard InChI is InChI=1S/C12H17N3O/c1-15-11(7-9(8-13)14-15)10-5-3-4-6-12(10)16-2/h3-6,11H,7-8,13H2,1-2H3. The van der Waals surface area contributed by atoms with Gasteiger partial charge >= 0.3 is 0 Å². The van der Waals surface area contributed by atoms with Crippen LogP contribution < -0.4 is 10.5 Å². The van der Waals surface area contributed by atoms with Crippen LogP contribution in [0.5, 0.6) is 5.75 Å². The summed E-state index contributed by atoms with van der Waals surface area (Å²) in [6.07, 6.45) is 0.882. The van der Waals surface area contributed by atoms with Gasteiger partial charge in [0.15, 0.2) is 0 Å². The first kappa shape index (κ1) is 11.0. The summed E-state index contributed by atoms with van der Waals surface area (Å²) >= 11 is 0. The molecule has 0 saturated carbocycles. The van der Waals surface area contributed by atoms with E-state index in [1.54, 1.807) is 7.11 Å². The molecule has 1 unspecified atom stereocenters. The molecule has 4 nitrogen and oxygen atoms in total. The Balaban J connectivity index is 2.26. The zero-order valence-electron chi connectivity index (χ0n) is 9.68. The highest BCUT2D eigenvalue weighted by Crippen LogP contribution is 2.34. The maximum absolute atomic E-state index is 5.62. The largest absolute Gasteiger partial charge is 0.496 e. The van der Waals surface area contributed by atoms with Crippen molar-refractivity contribution < 1.29 is 4.74 Å². The molecule has 1 aliphatic rings. The predicted octanol–water partition coefficient (Wildman–Crippen LogP) is 1.39. The van der Waals surface area contributed by atoms with Gasteiger partial charge in [0, 0.05) is 25.6 Å². The van der Waals surface area contributed by atoms with Crippen LogP contribution in [0.4, 0.5) is 0 Å². The van der Waals surface area contributed by atoms with Gasteiger partial charge in [-0.25, -0.2) is 0 Å². The van der Waals surface area contributed by atoms with E-state index in [0.717, 1.165) is 17.9 Å². The molecule has 0 aromatic heterocycles. The SMILES string of the molecule is COc1ccccc1C1CC(CN)=NN1C. The smallest absolute Gasteiger partial charge is 0.124 e. The van der Waals surface area contributed by atoms with Crippen molar-refractivity contribution in [3.8, 4) is 5.75 Å². The van der Waals surface area contributed by atoms with Crippen LogP contribution in [0.2, 0.25) is 0 Å². The summed E-state index contributed by atoms with van der Waals surface area (Å²) in [6, 6.07) is 8.29. The third-order valence-electron chi connectivity index (χ3n) is 2.91. The van der Waals surface area contributed by atoms with Crippen molar-refractivity contribution in [1.29, 1.82) is 0 Å². The fraction of sp³-hybridized carbons (Fsp3) is 0.417. The zero-order valence-corrected chi connectivity index (χ0v) is 9.68. The van der Waals surface area contributed by atoms with E-state index in [1.807, 2.05) is 30.3 Å². The summed E-state index contributed by atoms with van der Waals surface area (Å²) in [6.45, 7) is 0.524. The van der Waals surface area contributed by atoms with Gasteiger partial charge in [0.05, 0.1) is 18.9 Å². The lowest BCUT2D eigenvalue weighted by Gasteiger charge is -2.21. The van der Waals surface area contributed by atoms with Crippen LogP contribution >= 0.6 is 0 Å². The average molecular weight is 219 g/mol. The Bertz CT molecular complexity index is 403. The predicted molar refractivity (Wildman–Crippen MR) is 64.6 cm³/mol. The molecular weight excluding hydrogens is 202 g/mol. The molecule has 2 rings (SSSR count). The number of hydrazone groups is 1. The van der Waals surface area contributed by atoms with Gasteiger partial charge in [0.1, 0.15) is 5.75 Å². The quantitative estimate of drug-likeness (QED) is 0.835. The van der Waals surface area contributed by atoms with E-state index in [1.165, 1.54) is 5.56 Å². The average Bonchev–Trinajstić information content (AvgIpc) is 2.70. The number of hydrogen-bond acceptors (Lipinski definition) is 4. The highest BCUT2D eigenvalue weighted by atomic mass is 16.5. The number of para-hydroxylation sites is 1. The van der Waals surface area contributed by atoms with E-state index in [4.69, 9.17) is 10.5 Å². The maximum Gasteiger partial charge on any atom is 0.124 e. The highest BCUT2D eigenvalue weighted by Gasteiger charge is 2.26. The minimum atomic E-state index is 0.245. The number of nitrogens with two attached hydrogens (primary N) is 1. The number of methoxy groups -OCH3 is 1. The minimum absolute atomic E-state index is 0.245. The molecule has 0 spiro atoms. The summed E-state index contributed by atoms with van der Waals surface area (Å²) in [5.74, 6) is 0.910. The van der Waals surface area contributed by atoms with E-state index >= 15 is 0 Å². The van der Waals surface area contributed by atoms with Gasteiger partial charge in [-0.05, 0) is 6.07 Å². The van der Waals surface area contributed by atoms with E-state index in [2.05, 4.69) is 11.2 Å². The molecular formula is C12H17N3O. The molecule has 16 heavy (non-hydrogen) atoms. The highest BCUT2D eigenvalue weighted by molar-refractivity contribution is 5.88. The molecule has 1 heterocycles. The van der Waals surface area contributed by atoms with Crippen molar-refractivity contribution in [3.63, 3.8) is 0 Å². The first-order valence-electron chi connectivity index (χ1n) is 5.38. The lowest BCUT2D eigenvalue weighted by atomic mass is 10.0. The van der Waals surface area contributed by atoms with Crippen molar-refractivity contribution in [2.45, 2.75) is 12.5 Å². The molecule has 0 amide bonds. The monoisotopic (exact) mass is 219 g/mol. The number of benzene rings is 1. The lowest BCUT2D eigenvalue weighted by molar-refractivity contribution is 0.281. The molecule has 1 aromatic carbocycles. The van der Waals surface area contributed by atoms with Crippen molar-refractivity contribution in [1.82, 2.24) is 5.01 Å². The van der Waals surface area contributed by atoms with Crippen molar-refractivity contribution >= 4 is 5.71 Å². The normalized spacial score (nSPS) is 19.8. The molecule has 1 aliphatic heterocycles. The van der Waals surface area contributed by atoms with Crippen LogP contribution in [-0.4, -0.2) is 31.4 Å². The Morgan fingerprint density at radius 2 is 2.25 bits per heavy atom. The fourth-order valence-corrected chi connectivity index (χ4v) is 2.07. The molecule has 0 saturated heterocycles. The molecule has 4 heteroatoms. The first-order chi connectivity index (χ1) is 7.76. The topological polar surface area (TPSA) is 50.9 Å². The van der Waals surface area contributed by atoms with Gasteiger partial charge in [0.2, 0.25) is 0 Å². The van der Waals surface area contributed by atoms with Crippen molar-refractivity contribution in [2.24, 2.45) is 10.8 Å². The molecule has 2 N–H and O–H groups in total. The molecule has 1 aromatic rings. The zero-order chi connectivity index (χ0) is 11.5.